The quantitative estimate of drug-likeness (QED) is 0.149. The van der Waals surface area contributed by atoms with Crippen LogP contribution in [-0.2, 0) is 19.0 Å². The Morgan fingerprint density at radius 3 is 2.62 bits per heavy atom. The predicted molar refractivity (Wildman–Crippen MR) is 143 cm³/mol. The van der Waals surface area contributed by atoms with Crippen LogP contribution in [0.15, 0.2) is 71.5 Å². The van der Waals surface area contributed by atoms with Gasteiger partial charge in [-0.05, 0) is 47.5 Å². The van der Waals surface area contributed by atoms with E-state index in [4.69, 9.17) is 18.0 Å². The maximum absolute atomic E-state index is 12.6. The van der Waals surface area contributed by atoms with Gasteiger partial charge in [-0.1, -0.05) is 24.1 Å². The number of fused-ring (bicyclic) bond motifs is 1. The molecule has 1 aromatic heterocycles. The molecule has 1 heterocycles. The molecule has 0 unspecified atom stereocenters. The molecule has 37 heavy (non-hydrogen) atoms. The zero-order valence-electron chi connectivity index (χ0n) is 19.6. The molecule has 4 rings (SSSR count). The first-order chi connectivity index (χ1) is 17.9. The number of hydrogen-bond donors (Lipinski definition) is 2. The molecule has 0 aliphatic heterocycles. The molecule has 0 fully saturated rings. The third kappa shape index (κ3) is 6.12. The van der Waals surface area contributed by atoms with E-state index < -0.39 is 4.92 Å². The third-order valence-corrected chi connectivity index (χ3v) is 5.92. The van der Waals surface area contributed by atoms with Crippen molar-refractivity contribution in [3.63, 3.8) is 0 Å². The Labute approximate surface area is 217 Å². The summed E-state index contributed by atoms with van der Waals surface area (Å²) in [6.45, 7) is 0.916. The minimum absolute atomic E-state index is 0.0306. The van der Waals surface area contributed by atoms with Crippen LogP contribution in [0.3, 0.4) is 0 Å². The molecule has 0 aliphatic carbocycles. The molecule has 3 aromatic carbocycles. The van der Waals surface area contributed by atoms with E-state index in [0.29, 0.717) is 40.9 Å². The van der Waals surface area contributed by atoms with Crippen LogP contribution in [0.1, 0.15) is 27.3 Å². The summed E-state index contributed by atoms with van der Waals surface area (Å²) in [5.74, 6) is 2.86. The van der Waals surface area contributed by atoms with E-state index in [9.17, 15) is 19.7 Å². The molecule has 10 heteroatoms. The number of non-ortho nitro benzene ring substituents is 1. The van der Waals surface area contributed by atoms with Gasteiger partial charge >= 0.3 is 0 Å². The fourth-order valence-corrected chi connectivity index (χ4v) is 3.98. The van der Waals surface area contributed by atoms with Gasteiger partial charge < -0.3 is 15.2 Å². The highest BCUT2D eigenvalue weighted by molar-refractivity contribution is 6.16. The lowest BCUT2D eigenvalue weighted by atomic mass is 10.1. The van der Waals surface area contributed by atoms with Crippen LogP contribution >= 0.6 is 11.6 Å². The second-order valence-corrected chi connectivity index (χ2v) is 8.48. The number of nitrogens with one attached hydrogen (secondary N) is 2. The van der Waals surface area contributed by atoms with Gasteiger partial charge in [0.15, 0.2) is 0 Å². The zero-order valence-corrected chi connectivity index (χ0v) is 20.4. The molecule has 0 radical (unpaired) electrons. The summed E-state index contributed by atoms with van der Waals surface area (Å²) in [4.78, 5) is 44.4. The molecule has 9 nitrogen and oxygen atoms in total. The van der Waals surface area contributed by atoms with Crippen molar-refractivity contribution in [2.24, 2.45) is 0 Å². The Kier molecular flexibility index (Phi) is 7.81. The maximum atomic E-state index is 12.6. The fourth-order valence-electron chi connectivity index (χ4n) is 3.85. The van der Waals surface area contributed by atoms with Gasteiger partial charge in [-0.15, -0.1) is 18.0 Å². The van der Waals surface area contributed by atoms with E-state index in [0.717, 1.165) is 11.3 Å². The number of halogens is 1. The topological polar surface area (TPSA) is 121 Å². The lowest BCUT2D eigenvalue weighted by Gasteiger charge is -2.23. The summed E-state index contributed by atoms with van der Waals surface area (Å²) in [6.07, 6.45) is 5.59. The summed E-state index contributed by atoms with van der Waals surface area (Å²) in [5, 5.41) is 14.2. The zero-order chi connectivity index (χ0) is 26.4. The molecular weight excluding hydrogens is 494 g/mol. The summed E-state index contributed by atoms with van der Waals surface area (Å²) in [7, 11) is 0. The van der Waals surface area contributed by atoms with Crippen LogP contribution in [0.4, 0.5) is 11.4 Å². The number of benzene rings is 3. The first-order valence-electron chi connectivity index (χ1n) is 11.3. The number of carbonyl (C=O) groups excluding carboxylic acids is 1. The number of alkyl halides is 1. The first kappa shape index (κ1) is 25.4. The van der Waals surface area contributed by atoms with E-state index in [1.165, 1.54) is 12.1 Å². The van der Waals surface area contributed by atoms with Crippen LogP contribution in [-0.4, -0.2) is 27.3 Å². The Morgan fingerprint density at radius 1 is 1.14 bits per heavy atom. The highest BCUT2D eigenvalue weighted by atomic mass is 35.5. The van der Waals surface area contributed by atoms with Gasteiger partial charge in [-0.3, -0.25) is 19.7 Å². The Balaban J connectivity index is 1.46. The molecule has 186 valence electrons. The molecule has 0 atom stereocenters. The average molecular weight is 516 g/mol. The highest BCUT2D eigenvalue weighted by Crippen LogP contribution is 2.20. The van der Waals surface area contributed by atoms with Crippen molar-refractivity contribution in [2.45, 2.75) is 19.0 Å². The molecule has 0 saturated carbocycles. The van der Waals surface area contributed by atoms with E-state index in [1.54, 1.807) is 48.5 Å². The van der Waals surface area contributed by atoms with Gasteiger partial charge in [-0.25, -0.2) is 4.98 Å². The number of amides is 1. The average Bonchev–Trinajstić information content (AvgIpc) is 2.92. The minimum Gasteiger partial charge on any atom is -0.356 e. The second kappa shape index (κ2) is 11.4. The summed E-state index contributed by atoms with van der Waals surface area (Å²) in [6, 6.07) is 18.5. The van der Waals surface area contributed by atoms with Crippen LogP contribution in [0.25, 0.3) is 10.9 Å². The molecule has 0 aliphatic rings. The van der Waals surface area contributed by atoms with E-state index in [1.807, 2.05) is 11.0 Å². The highest BCUT2D eigenvalue weighted by Gasteiger charge is 2.12. The number of nitro benzene ring substituents is 1. The minimum atomic E-state index is -0.476. The molecule has 1 amide bonds. The van der Waals surface area contributed by atoms with Crippen molar-refractivity contribution in [1.82, 2.24) is 15.3 Å². The molecule has 0 saturated heterocycles. The van der Waals surface area contributed by atoms with Crippen LogP contribution in [0.5, 0.6) is 0 Å². The number of hydrogen-bond acceptors (Lipinski definition) is 6. The number of nitro groups is 1. The van der Waals surface area contributed by atoms with Gasteiger partial charge in [0.1, 0.15) is 5.82 Å². The number of rotatable bonds is 9. The SMILES string of the molecule is C#CCN(Cc1ccc2nc(CCl)[nH]c(=O)c2c1)c1ccc(C(=O)NCc2cccc([N+](=O)[O-])c2)cc1. The van der Waals surface area contributed by atoms with Crippen LogP contribution in [0, 0.1) is 22.5 Å². The van der Waals surface area contributed by atoms with Crippen molar-refractivity contribution < 1.29 is 9.72 Å². The summed E-state index contributed by atoms with van der Waals surface area (Å²) >= 11 is 5.79. The molecule has 0 spiro atoms. The number of aromatic nitrogens is 2. The standard InChI is InChI=1S/C27H22ClN5O4/c1-2-12-32(17-19-6-11-24-23(14-19)27(35)31-25(15-28)30-24)21-9-7-20(8-10-21)26(34)29-16-18-4-3-5-22(13-18)33(36)37/h1,3-11,13-14H,12,15-17H2,(H,29,34)(H,30,31,35). The van der Waals surface area contributed by atoms with Crippen molar-refractivity contribution in [3.8, 4) is 12.3 Å². The Hall–Kier alpha value is -4.68. The van der Waals surface area contributed by atoms with Crippen molar-refractivity contribution in [2.75, 3.05) is 11.4 Å². The lowest BCUT2D eigenvalue weighted by molar-refractivity contribution is -0.384. The summed E-state index contributed by atoms with van der Waals surface area (Å²) in [5.41, 5.74) is 3.01. The first-order valence-corrected chi connectivity index (χ1v) is 11.8. The molecular formula is C27H22ClN5O4. The maximum Gasteiger partial charge on any atom is 0.269 e. The van der Waals surface area contributed by atoms with E-state index in [-0.39, 0.29) is 29.6 Å². The third-order valence-electron chi connectivity index (χ3n) is 5.67. The van der Waals surface area contributed by atoms with Crippen LogP contribution in [0.2, 0.25) is 0 Å². The largest absolute Gasteiger partial charge is 0.356 e. The van der Waals surface area contributed by atoms with Gasteiger partial charge in [0.05, 0.1) is 28.3 Å². The predicted octanol–water partition coefficient (Wildman–Crippen LogP) is 4.14. The Bertz CT molecular complexity index is 1560. The van der Waals surface area contributed by atoms with E-state index in [2.05, 4.69) is 21.2 Å². The number of anilines is 1. The molecule has 2 N–H and O–H groups in total. The van der Waals surface area contributed by atoms with Crippen molar-refractivity contribution >= 4 is 39.8 Å². The smallest absolute Gasteiger partial charge is 0.269 e. The lowest BCUT2D eigenvalue weighted by Crippen LogP contribution is -2.24. The number of nitrogens with zero attached hydrogens (tertiary/aromatic N) is 3. The van der Waals surface area contributed by atoms with Crippen molar-refractivity contribution in [1.29, 1.82) is 0 Å². The van der Waals surface area contributed by atoms with Gasteiger partial charge in [0.2, 0.25) is 0 Å². The van der Waals surface area contributed by atoms with E-state index >= 15 is 0 Å². The number of aromatic amines is 1. The molecule has 0 bridgehead atoms. The van der Waals surface area contributed by atoms with Crippen LogP contribution < -0.4 is 15.8 Å². The monoisotopic (exact) mass is 515 g/mol. The van der Waals surface area contributed by atoms with Crippen molar-refractivity contribution in [3.05, 3.63) is 110 Å². The summed E-state index contributed by atoms with van der Waals surface area (Å²) < 4.78 is 0. The number of carbonyl (C=O) groups is 1. The number of H-pyrrole nitrogens is 1. The number of terminal acetylenes is 1. The normalized spacial score (nSPS) is 10.6. The Morgan fingerprint density at radius 2 is 1.92 bits per heavy atom. The van der Waals surface area contributed by atoms with Gasteiger partial charge in [0.25, 0.3) is 17.2 Å². The van der Waals surface area contributed by atoms with Gasteiger partial charge in [-0.2, -0.15) is 0 Å². The molecule has 4 aromatic rings. The van der Waals surface area contributed by atoms with Gasteiger partial charge in [0, 0.05) is 36.5 Å². The fraction of sp³-hybridized carbons (Fsp3) is 0.148. The second-order valence-electron chi connectivity index (χ2n) is 8.21.